The van der Waals surface area contributed by atoms with Crippen LogP contribution in [0.1, 0.15) is 40.5 Å². The van der Waals surface area contributed by atoms with Crippen molar-refractivity contribution >= 4 is 12.0 Å². The number of nitrogens with zero attached hydrogens (tertiary/aromatic N) is 1. The van der Waals surface area contributed by atoms with Crippen LogP contribution in [0.4, 0.5) is 0 Å². The maximum absolute atomic E-state index is 11.7. The fraction of sp³-hybridized carbons (Fsp3) is 0.667. The molecule has 1 rings (SSSR count). The highest BCUT2D eigenvalue weighted by Crippen LogP contribution is 2.35. The van der Waals surface area contributed by atoms with Gasteiger partial charge in [-0.05, 0) is 19.3 Å². The molecule has 0 radical (unpaired) electrons. The first-order chi connectivity index (χ1) is 6.82. The summed E-state index contributed by atoms with van der Waals surface area (Å²) in [5.74, 6) is 0.175. The number of Topliss-reactive ketones (excluding diaryl/α,β-unsaturated/α-hetero) is 1. The Morgan fingerprint density at radius 2 is 2.00 bits per heavy atom. The molecular formula is C12H19NO2. The van der Waals surface area contributed by atoms with Gasteiger partial charge in [0.25, 0.3) is 0 Å². The number of hydrogen-bond donors (Lipinski definition) is 1. The minimum absolute atomic E-state index is 0.00634. The van der Waals surface area contributed by atoms with Gasteiger partial charge in [-0.3, -0.25) is 9.79 Å². The van der Waals surface area contributed by atoms with Crippen LogP contribution in [0.15, 0.2) is 16.3 Å². The Morgan fingerprint density at radius 3 is 2.47 bits per heavy atom. The van der Waals surface area contributed by atoms with Gasteiger partial charge in [-0.25, -0.2) is 0 Å². The average Bonchev–Trinajstić information content (AvgIpc) is 1.98. The van der Waals surface area contributed by atoms with Crippen molar-refractivity contribution in [2.75, 3.05) is 0 Å². The summed E-state index contributed by atoms with van der Waals surface area (Å²) in [6.07, 6.45) is 2.55. The molecule has 0 aromatic carbocycles. The van der Waals surface area contributed by atoms with Gasteiger partial charge in [0, 0.05) is 25.1 Å². The third kappa shape index (κ3) is 3.18. The zero-order chi connectivity index (χ0) is 11.6. The van der Waals surface area contributed by atoms with Gasteiger partial charge >= 0.3 is 0 Å². The van der Waals surface area contributed by atoms with E-state index in [-0.39, 0.29) is 23.0 Å². The van der Waals surface area contributed by atoms with E-state index in [0.717, 1.165) is 0 Å². The molecule has 3 heteroatoms. The maximum atomic E-state index is 11.7. The van der Waals surface area contributed by atoms with Crippen molar-refractivity contribution in [2.45, 2.75) is 46.6 Å². The van der Waals surface area contributed by atoms with Crippen molar-refractivity contribution in [1.82, 2.24) is 0 Å². The van der Waals surface area contributed by atoms with Gasteiger partial charge in [-0.1, -0.05) is 13.8 Å². The number of aliphatic hydroxyl groups excluding tert-OH is 1. The molecule has 0 fully saturated rings. The van der Waals surface area contributed by atoms with Gasteiger partial charge in [0.2, 0.25) is 0 Å². The van der Waals surface area contributed by atoms with Crippen LogP contribution in [0, 0.1) is 5.41 Å². The maximum Gasteiger partial charge on any atom is 0.168 e. The van der Waals surface area contributed by atoms with E-state index in [1.54, 1.807) is 0 Å². The number of carbonyl (C=O) groups excluding carboxylic acids is 1. The highest BCUT2D eigenvalue weighted by atomic mass is 16.3. The first kappa shape index (κ1) is 12.0. The molecule has 0 aromatic heterocycles. The highest BCUT2D eigenvalue weighted by Gasteiger charge is 2.32. The summed E-state index contributed by atoms with van der Waals surface area (Å²) in [6.45, 7) is 7.84. The smallest absolute Gasteiger partial charge is 0.168 e. The predicted molar refractivity (Wildman–Crippen MR) is 61.3 cm³/mol. The van der Waals surface area contributed by atoms with Gasteiger partial charge in [0.15, 0.2) is 5.78 Å². The molecular weight excluding hydrogens is 190 g/mol. The number of allylic oxidation sites excluding steroid dienone is 2. The minimum atomic E-state index is -0.129. The van der Waals surface area contributed by atoms with E-state index in [1.807, 2.05) is 27.7 Å². The standard InChI is InChI=1S/C12H19NO2/c1-8(2)13-7-9-10(14)5-12(3,4)6-11(9)15/h7-8,14H,5-6H2,1-4H3. The zero-order valence-corrected chi connectivity index (χ0v) is 9.87. The normalized spacial score (nSPS) is 21.8. The van der Waals surface area contributed by atoms with Crippen LogP contribution in [-0.4, -0.2) is 23.1 Å². The molecule has 0 amide bonds. The van der Waals surface area contributed by atoms with Crippen LogP contribution in [0.3, 0.4) is 0 Å². The summed E-state index contributed by atoms with van der Waals surface area (Å²) >= 11 is 0. The Kier molecular flexibility index (Phi) is 3.32. The first-order valence-electron chi connectivity index (χ1n) is 5.30. The van der Waals surface area contributed by atoms with Crippen LogP contribution in [0.2, 0.25) is 0 Å². The lowest BCUT2D eigenvalue weighted by molar-refractivity contribution is -0.117. The van der Waals surface area contributed by atoms with Crippen molar-refractivity contribution in [2.24, 2.45) is 10.4 Å². The third-order valence-electron chi connectivity index (χ3n) is 2.40. The van der Waals surface area contributed by atoms with Crippen molar-refractivity contribution in [3.63, 3.8) is 0 Å². The molecule has 1 aliphatic carbocycles. The second-order valence-corrected chi connectivity index (χ2v) is 5.17. The van der Waals surface area contributed by atoms with Crippen LogP contribution in [-0.2, 0) is 4.79 Å². The quantitative estimate of drug-likeness (QED) is 0.711. The molecule has 0 unspecified atom stereocenters. The van der Waals surface area contributed by atoms with Crippen molar-refractivity contribution in [3.05, 3.63) is 11.3 Å². The lowest BCUT2D eigenvalue weighted by Gasteiger charge is -2.28. The molecule has 0 aromatic rings. The molecule has 0 heterocycles. The van der Waals surface area contributed by atoms with Crippen molar-refractivity contribution in [1.29, 1.82) is 0 Å². The fourth-order valence-electron chi connectivity index (χ4n) is 1.67. The van der Waals surface area contributed by atoms with E-state index < -0.39 is 0 Å². The van der Waals surface area contributed by atoms with Crippen molar-refractivity contribution < 1.29 is 9.90 Å². The number of aliphatic hydroxyl groups is 1. The Balaban J connectivity index is 2.92. The van der Waals surface area contributed by atoms with E-state index in [0.29, 0.717) is 18.4 Å². The number of ketones is 1. The lowest BCUT2D eigenvalue weighted by atomic mass is 9.77. The summed E-state index contributed by atoms with van der Waals surface area (Å²) in [7, 11) is 0. The van der Waals surface area contributed by atoms with E-state index in [4.69, 9.17) is 0 Å². The SMILES string of the molecule is CC(C)N=CC1=C(O)CC(C)(C)CC1=O. The van der Waals surface area contributed by atoms with E-state index in [9.17, 15) is 9.90 Å². The molecule has 0 spiro atoms. The number of hydrogen-bond acceptors (Lipinski definition) is 3. The van der Waals surface area contributed by atoms with Crippen LogP contribution >= 0.6 is 0 Å². The fourth-order valence-corrected chi connectivity index (χ4v) is 1.67. The largest absolute Gasteiger partial charge is 0.511 e. The van der Waals surface area contributed by atoms with Gasteiger partial charge in [0.05, 0.1) is 5.57 Å². The molecule has 0 saturated heterocycles. The monoisotopic (exact) mass is 209 g/mol. The van der Waals surface area contributed by atoms with Gasteiger partial charge in [-0.15, -0.1) is 0 Å². The topological polar surface area (TPSA) is 49.7 Å². The van der Waals surface area contributed by atoms with Crippen LogP contribution in [0.5, 0.6) is 0 Å². The second kappa shape index (κ2) is 4.17. The Morgan fingerprint density at radius 1 is 1.40 bits per heavy atom. The molecule has 3 nitrogen and oxygen atoms in total. The lowest BCUT2D eigenvalue weighted by Crippen LogP contribution is -2.26. The molecule has 0 saturated carbocycles. The Hall–Kier alpha value is -1.12. The average molecular weight is 209 g/mol. The molecule has 1 N–H and O–H groups in total. The molecule has 0 aliphatic heterocycles. The summed E-state index contributed by atoms with van der Waals surface area (Å²) < 4.78 is 0. The van der Waals surface area contributed by atoms with Crippen molar-refractivity contribution in [3.8, 4) is 0 Å². The summed E-state index contributed by atoms with van der Waals surface area (Å²) in [4.78, 5) is 15.9. The number of aliphatic imine (C=N–C) groups is 1. The Labute approximate surface area is 90.9 Å². The van der Waals surface area contributed by atoms with Crippen LogP contribution in [0.25, 0.3) is 0 Å². The van der Waals surface area contributed by atoms with E-state index in [2.05, 4.69) is 4.99 Å². The Bertz CT molecular complexity index is 325. The molecule has 0 bridgehead atoms. The highest BCUT2D eigenvalue weighted by molar-refractivity contribution is 6.14. The number of rotatable bonds is 2. The van der Waals surface area contributed by atoms with E-state index in [1.165, 1.54) is 6.21 Å². The molecule has 0 atom stereocenters. The van der Waals surface area contributed by atoms with Crippen LogP contribution < -0.4 is 0 Å². The summed E-state index contributed by atoms with van der Waals surface area (Å²) in [5.41, 5.74) is 0.263. The third-order valence-corrected chi connectivity index (χ3v) is 2.40. The summed E-state index contributed by atoms with van der Waals surface area (Å²) in [5, 5.41) is 9.76. The molecule has 84 valence electrons. The molecule has 15 heavy (non-hydrogen) atoms. The number of carbonyl (C=O) groups is 1. The van der Waals surface area contributed by atoms with E-state index >= 15 is 0 Å². The van der Waals surface area contributed by atoms with Gasteiger partial charge in [-0.2, -0.15) is 0 Å². The minimum Gasteiger partial charge on any atom is -0.511 e. The van der Waals surface area contributed by atoms with Gasteiger partial charge in [0.1, 0.15) is 5.76 Å². The predicted octanol–water partition coefficient (Wildman–Crippen LogP) is 2.67. The zero-order valence-electron chi connectivity index (χ0n) is 9.87. The first-order valence-corrected chi connectivity index (χ1v) is 5.30. The molecule has 1 aliphatic rings. The second-order valence-electron chi connectivity index (χ2n) is 5.17. The summed E-state index contributed by atoms with van der Waals surface area (Å²) in [6, 6.07) is 0.146. The van der Waals surface area contributed by atoms with Gasteiger partial charge < -0.3 is 5.11 Å².